The zero-order chi connectivity index (χ0) is 14.7. The monoisotopic (exact) mass is 286 g/mol. The second-order valence-electron chi connectivity index (χ2n) is 5.81. The smallest absolute Gasteiger partial charge is 0.234 e. The number of hydrogen-bond donors (Lipinski definition) is 1. The van der Waals surface area contributed by atoms with Crippen LogP contribution in [-0.4, -0.2) is 30.4 Å². The second kappa shape index (κ2) is 6.31. The van der Waals surface area contributed by atoms with Crippen LogP contribution in [0.2, 0.25) is 0 Å². The number of para-hydroxylation sites is 1. The standard InChI is InChI=1S/C17H22N2O2/c1-13(16-11-14-7-3-4-8-15(14)21-16)18-17(20)12-19-9-5-2-6-10-19/h3-4,7-8,11,13H,2,5-6,9-10,12H2,1H3,(H,18,20)/t13-/m0/s1. The quantitative estimate of drug-likeness (QED) is 0.939. The SMILES string of the molecule is C[C@H](NC(=O)CN1CCCCC1)c1cc2ccccc2o1. The van der Waals surface area contributed by atoms with Gasteiger partial charge in [0.25, 0.3) is 0 Å². The van der Waals surface area contributed by atoms with E-state index in [1.807, 2.05) is 37.3 Å². The fourth-order valence-corrected chi connectivity index (χ4v) is 2.89. The van der Waals surface area contributed by atoms with E-state index in [9.17, 15) is 4.79 Å². The fourth-order valence-electron chi connectivity index (χ4n) is 2.89. The van der Waals surface area contributed by atoms with Crippen molar-refractivity contribution < 1.29 is 9.21 Å². The first-order valence-electron chi connectivity index (χ1n) is 7.72. The van der Waals surface area contributed by atoms with E-state index in [4.69, 9.17) is 4.42 Å². The molecule has 1 aliphatic rings. The predicted molar refractivity (Wildman–Crippen MR) is 83.1 cm³/mol. The second-order valence-corrected chi connectivity index (χ2v) is 5.81. The van der Waals surface area contributed by atoms with Crippen molar-refractivity contribution in [3.63, 3.8) is 0 Å². The van der Waals surface area contributed by atoms with Crippen molar-refractivity contribution in [3.8, 4) is 0 Å². The third kappa shape index (κ3) is 3.45. The lowest BCUT2D eigenvalue weighted by molar-refractivity contribution is -0.123. The number of nitrogens with one attached hydrogen (secondary N) is 1. The van der Waals surface area contributed by atoms with Crippen molar-refractivity contribution in [3.05, 3.63) is 36.1 Å². The molecular weight excluding hydrogens is 264 g/mol. The minimum absolute atomic E-state index is 0.0739. The van der Waals surface area contributed by atoms with Gasteiger partial charge in [0.15, 0.2) is 0 Å². The predicted octanol–water partition coefficient (Wildman–Crippen LogP) is 3.10. The highest BCUT2D eigenvalue weighted by Crippen LogP contribution is 2.23. The lowest BCUT2D eigenvalue weighted by Crippen LogP contribution is -2.40. The minimum atomic E-state index is -0.102. The van der Waals surface area contributed by atoms with Crippen LogP contribution in [0.4, 0.5) is 0 Å². The molecule has 1 fully saturated rings. The van der Waals surface area contributed by atoms with Crippen LogP contribution in [0.5, 0.6) is 0 Å². The molecule has 1 atom stereocenters. The molecule has 4 nitrogen and oxygen atoms in total. The number of piperidine rings is 1. The van der Waals surface area contributed by atoms with Gasteiger partial charge in [-0.25, -0.2) is 0 Å². The summed E-state index contributed by atoms with van der Waals surface area (Å²) >= 11 is 0. The van der Waals surface area contributed by atoms with Crippen molar-refractivity contribution in [1.82, 2.24) is 10.2 Å². The molecule has 0 aliphatic carbocycles. The van der Waals surface area contributed by atoms with Crippen LogP contribution in [0.1, 0.15) is 38.0 Å². The Labute approximate surface area is 125 Å². The number of furan rings is 1. The normalized spacial score (nSPS) is 17.8. The van der Waals surface area contributed by atoms with E-state index in [1.54, 1.807) is 0 Å². The third-order valence-electron chi connectivity index (χ3n) is 4.06. The number of carbonyl (C=O) groups is 1. The van der Waals surface area contributed by atoms with Gasteiger partial charge in [-0.1, -0.05) is 24.6 Å². The van der Waals surface area contributed by atoms with Gasteiger partial charge in [-0.3, -0.25) is 9.69 Å². The molecule has 1 amide bonds. The Morgan fingerprint density at radius 1 is 1.29 bits per heavy atom. The number of rotatable bonds is 4. The van der Waals surface area contributed by atoms with E-state index in [0.29, 0.717) is 6.54 Å². The minimum Gasteiger partial charge on any atom is -0.459 e. The number of carbonyl (C=O) groups excluding carboxylic acids is 1. The van der Waals surface area contributed by atoms with Crippen LogP contribution in [0, 0.1) is 0 Å². The van der Waals surface area contributed by atoms with Crippen LogP contribution in [0.15, 0.2) is 34.7 Å². The molecule has 2 aromatic rings. The lowest BCUT2D eigenvalue weighted by atomic mass is 10.1. The molecule has 2 heterocycles. The lowest BCUT2D eigenvalue weighted by Gasteiger charge is -2.26. The summed E-state index contributed by atoms with van der Waals surface area (Å²) in [6, 6.07) is 9.80. The zero-order valence-corrected chi connectivity index (χ0v) is 12.5. The van der Waals surface area contributed by atoms with E-state index in [0.717, 1.165) is 29.8 Å². The third-order valence-corrected chi connectivity index (χ3v) is 4.06. The maximum atomic E-state index is 12.1. The number of nitrogens with zero attached hydrogens (tertiary/aromatic N) is 1. The summed E-state index contributed by atoms with van der Waals surface area (Å²) in [7, 11) is 0. The summed E-state index contributed by atoms with van der Waals surface area (Å²) in [5.74, 6) is 0.882. The largest absolute Gasteiger partial charge is 0.459 e. The Bertz CT molecular complexity index is 581. The first kappa shape index (κ1) is 14.1. The van der Waals surface area contributed by atoms with Gasteiger partial charge in [0.1, 0.15) is 11.3 Å². The molecule has 0 spiro atoms. The van der Waals surface area contributed by atoms with Gasteiger partial charge < -0.3 is 9.73 Å². The number of likely N-dealkylation sites (tertiary alicyclic amines) is 1. The van der Waals surface area contributed by atoms with Crippen molar-refractivity contribution in [2.45, 2.75) is 32.2 Å². The van der Waals surface area contributed by atoms with E-state index in [-0.39, 0.29) is 11.9 Å². The van der Waals surface area contributed by atoms with Crippen LogP contribution in [-0.2, 0) is 4.79 Å². The Hall–Kier alpha value is -1.81. The first-order valence-corrected chi connectivity index (χ1v) is 7.72. The number of fused-ring (bicyclic) bond motifs is 1. The van der Waals surface area contributed by atoms with E-state index in [1.165, 1.54) is 19.3 Å². The first-order chi connectivity index (χ1) is 10.2. The Morgan fingerprint density at radius 3 is 2.81 bits per heavy atom. The highest BCUT2D eigenvalue weighted by molar-refractivity contribution is 5.80. The molecule has 0 bridgehead atoms. The zero-order valence-electron chi connectivity index (χ0n) is 12.5. The van der Waals surface area contributed by atoms with Crippen molar-refractivity contribution >= 4 is 16.9 Å². The molecule has 1 N–H and O–H groups in total. The molecule has 3 rings (SSSR count). The highest BCUT2D eigenvalue weighted by atomic mass is 16.3. The van der Waals surface area contributed by atoms with Gasteiger partial charge in [-0.05, 0) is 45.0 Å². The van der Waals surface area contributed by atoms with Crippen molar-refractivity contribution in [1.29, 1.82) is 0 Å². The topological polar surface area (TPSA) is 45.5 Å². The maximum absolute atomic E-state index is 12.1. The molecule has 0 unspecified atom stereocenters. The Balaban J connectivity index is 1.59. The van der Waals surface area contributed by atoms with Gasteiger partial charge >= 0.3 is 0 Å². The Kier molecular flexibility index (Phi) is 4.25. The molecule has 21 heavy (non-hydrogen) atoms. The van der Waals surface area contributed by atoms with Crippen LogP contribution in [0.25, 0.3) is 11.0 Å². The van der Waals surface area contributed by atoms with Crippen molar-refractivity contribution in [2.75, 3.05) is 19.6 Å². The summed E-state index contributed by atoms with van der Waals surface area (Å²) in [4.78, 5) is 14.3. The van der Waals surface area contributed by atoms with Gasteiger partial charge in [0.2, 0.25) is 5.91 Å². The van der Waals surface area contributed by atoms with Crippen molar-refractivity contribution in [2.24, 2.45) is 0 Å². The van der Waals surface area contributed by atoms with Crippen LogP contribution < -0.4 is 5.32 Å². The van der Waals surface area contributed by atoms with E-state index >= 15 is 0 Å². The molecule has 112 valence electrons. The van der Waals surface area contributed by atoms with Gasteiger partial charge in [0.05, 0.1) is 12.6 Å². The molecular formula is C17H22N2O2. The summed E-state index contributed by atoms with van der Waals surface area (Å²) in [5.41, 5.74) is 0.865. The van der Waals surface area contributed by atoms with Crippen LogP contribution in [0.3, 0.4) is 0 Å². The summed E-state index contributed by atoms with van der Waals surface area (Å²) in [6.45, 7) is 4.52. The molecule has 4 heteroatoms. The number of benzene rings is 1. The number of hydrogen-bond acceptors (Lipinski definition) is 3. The highest BCUT2D eigenvalue weighted by Gasteiger charge is 2.17. The Morgan fingerprint density at radius 2 is 2.05 bits per heavy atom. The summed E-state index contributed by atoms with van der Waals surface area (Å²) in [6.07, 6.45) is 3.69. The fraction of sp³-hybridized carbons (Fsp3) is 0.471. The van der Waals surface area contributed by atoms with E-state index in [2.05, 4.69) is 10.2 Å². The molecule has 0 radical (unpaired) electrons. The molecule has 1 aromatic carbocycles. The summed E-state index contributed by atoms with van der Waals surface area (Å²) < 4.78 is 5.79. The van der Waals surface area contributed by atoms with E-state index < -0.39 is 0 Å². The van der Waals surface area contributed by atoms with Crippen LogP contribution >= 0.6 is 0 Å². The van der Waals surface area contributed by atoms with Gasteiger partial charge in [0, 0.05) is 5.39 Å². The average molecular weight is 286 g/mol. The molecule has 1 aromatic heterocycles. The molecule has 0 saturated carbocycles. The molecule has 1 saturated heterocycles. The maximum Gasteiger partial charge on any atom is 0.234 e. The average Bonchev–Trinajstić information content (AvgIpc) is 2.92. The van der Waals surface area contributed by atoms with Gasteiger partial charge in [-0.2, -0.15) is 0 Å². The molecule has 1 aliphatic heterocycles. The number of amides is 1. The van der Waals surface area contributed by atoms with Gasteiger partial charge in [-0.15, -0.1) is 0 Å². The summed E-state index contributed by atoms with van der Waals surface area (Å²) in [5, 5.41) is 4.10.